The standard InChI is InChI=1S/C20H32N2O4S/c1-5-12-27(24,25)22-10-8-18(9-11-22)21-20(23)14-26-19-13-17(15(2)3)7-6-16(19)4/h6-7,13,15,18H,5,8-12,14H2,1-4H3,(H,21,23). The van der Waals surface area contributed by atoms with Gasteiger partial charge in [-0.2, -0.15) is 0 Å². The maximum Gasteiger partial charge on any atom is 0.258 e. The van der Waals surface area contributed by atoms with Crippen molar-refractivity contribution in [2.24, 2.45) is 0 Å². The number of ether oxygens (including phenoxy) is 1. The molecule has 152 valence electrons. The molecule has 1 fully saturated rings. The highest BCUT2D eigenvalue weighted by atomic mass is 32.2. The van der Waals surface area contributed by atoms with E-state index in [0.717, 1.165) is 11.3 Å². The monoisotopic (exact) mass is 396 g/mol. The third-order valence-corrected chi connectivity index (χ3v) is 6.99. The first-order chi connectivity index (χ1) is 12.7. The predicted molar refractivity (Wildman–Crippen MR) is 108 cm³/mol. The van der Waals surface area contributed by atoms with E-state index in [2.05, 4.69) is 25.2 Å². The molecule has 0 aliphatic carbocycles. The van der Waals surface area contributed by atoms with E-state index >= 15 is 0 Å². The third-order valence-electron chi connectivity index (χ3n) is 4.91. The molecule has 0 aromatic heterocycles. The maximum absolute atomic E-state index is 12.2. The summed E-state index contributed by atoms with van der Waals surface area (Å²) in [7, 11) is -3.15. The number of rotatable bonds is 8. The van der Waals surface area contributed by atoms with Crippen LogP contribution in [-0.4, -0.2) is 50.1 Å². The molecule has 0 radical (unpaired) electrons. The number of aryl methyl sites for hydroxylation is 1. The van der Waals surface area contributed by atoms with Crippen molar-refractivity contribution in [2.45, 2.75) is 58.9 Å². The lowest BCUT2D eigenvalue weighted by molar-refractivity contribution is -0.124. The molecule has 7 heteroatoms. The number of nitrogens with zero attached hydrogens (tertiary/aromatic N) is 1. The van der Waals surface area contributed by atoms with E-state index in [-0.39, 0.29) is 24.3 Å². The Kier molecular flexibility index (Phi) is 7.68. The van der Waals surface area contributed by atoms with Crippen LogP contribution in [0.2, 0.25) is 0 Å². The van der Waals surface area contributed by atoms with E-state index in [1.54, 1.807) is 0 Å². The van der Waals surface area contributed by atoms with Gasteiger partial charge in [0.1, 0.15) is 5.75 Å². The van der Waals surface area contributed by atoms with E-state index in [1.165, 1.54) is 9.87 Å². The Balaban J connectivity index is 1.81. The number of nitrogens with one attached hydrogen (secondary N) is 1. The van der Waals surface area contributed by atoms with Crippen LogP contribution < -0.4 is 10.1 Å². The Bertz CT molecular complexity index is 738. The first-order valence-corrected chi connectivity index (χ1v) is 11.3. The number of carbonyl (C=O) groups is 1. The topological polar surface area (TPSA) is 75.7 Å². The van der Waals surface area contributed by atoms with E-state index in [4.69, 9.17) is 4.74 Å². The van der Waals surface area contributed by atoms with Gasteiger partial charge in [-0.3, -0.25) is 4.79 Å². The fourth-order valence-corrected chi connectivity index (χ4v) is 4.75. The van der Waals surface area contributed by atoms with Crippen molar-refractivity contribution in [3.63, 3.8) is 0 Å². The van der Waals surface area contributed by atoms with E-state index in [1.807, 2.05) is 26.0 Å². The van der Waals surface area contributed by atoms with Crippen molar-refractivity contribution in [3.8, 4) is 5.75 Å². The molecule has 1 amide bonds. The molecular formula is C20H32N2O4S. The Morgan fingerprint density at radius 2 is 1.96 bits per heavy atom. The average Bonchev–Trinajstić information content (AvgIpc) is 2.61. The molecule has 1 aromatic carbocycles. The molecule has 1 aromatic rings. The van der Waals surface area contributed by atoms with Crippen molar-refractivity contribution in [2.75, 3.05) is 25.4 Å². The number of piperidine rings is 1. The van der Waals surface area contributed by atoms with Crippen LogP contribution in [-0.2, 0) is 14.8 Å². The van der Waals surface area contributed by atoms with Crippen molar-refractivity contribution < 1.29 is 17.9 Å². The predicted octanol–water partition coefficient (Wildman–Crippen LogP) is 2.82. The second-order valence-corrected chi connectivity index (χ2v) is 9.61. The van der Waals surface area contributed by atoms with Crippen LogP contribution in [0, 0.1) is 6.92 Å². The molecule has 27 heavy (non-hydrogen) atoms. The van der Waals surface area contributed by atoms with E-state index in [9.17, 15) is 13.2 Å². The number of hydrogen-bond acceptors (Lipinski definition) is 4. The van der Waals surface area contributed by atoms with Gasteiger partial charge in [0, 0.05) is 19.1 Å². The SMILES string of the molecule is CCCS(=O)(=O)N1CCC(NC(=O)COc2cc(C(C)C)ccc2C)CC1. The van der Waals surface area contributed by atoms with Gasteiger partial charge in [0.2, 0.25) is 10.0 Å². The van der Waals surface area contributed by atoms with Crippen molar-refractivity contribution >= 4 is 15.9 Å². The van der Waals surface area contributed by atoms with Crippen LogP contribution in [0.25, 0.3) is 0 Å². The van der Waals surface area contributed by atoms with Gasteiger partial charge < -0.3 is 10.1 Å². The second kappa shape index (κ2) is 9.55. The number of hydrogen-bond donors (Lipinski definition) is 1. The summed E-state index contributed by atoms with van der Waals surface area (Å²) in [6.07, 6.45) is 1.89. The zero-order valence-electron chi connectivity index (χ0n) is 16.8. The maximum atomic E-state index is 12.2. The molecule has 0 bridgehead atoms. The first-order valence-electron chi connectivity index (χ1n) is 9.73. The Morgan fingerprint density at radius 3 is 2.56 bits per heavy atom. The van der Waals surface area contributed by atoms with Gasteiger partial charge in [-0.25, -0.2) is 12.7 Å². The highest BCUT2D eigenvalue weighted by Crippen LogP contribution is 2.24. The van der Waals surface area contributed by atoms with Crippen LogP contribution in [0.15, 0.2) is 18.2 Å². The van der Waals surface area contributed by atoms with Crippen LogP contribution in [0.1, 0.15) is 57.1 Å². The van der Waals surface area contributed by atoms with Gasteiger partial charge in [-0.15, -0.1) is 0 Å². The average molecular weight is 397 g/mol. The first kappa shape index (κ1) is 21.7. The van der Waals surface area contributed by atoms with Gasteiger partial charge in [0.25, 0.3) is 5.91 Å². The Morgan fingerprint density at radius 1 is 1.30 bits per heavy atom. The molecule has 1 saturated heterocycles. The van der Waals surface area contributed by atoms with Crippen LogP contribution in [0.3, 0.4) is 0 Å². The number of carbonyl (C=O) groups excluding carboxylic acids is 1. The summed E-state index contributed by atoms with van der Waals surface area (Å²) in [5, 5.41) is 2.96. The molecule has 1 aliphatic heterocycles. The summed E-state index contributed by atoms with van der Waals surface area (Å²) in [6.45, 7) is 8.96. The van der Waals surface area contributed by atoms with E-state index in [0.29, 0.717) is 38.3 Å². The molecule has 1 aliphatic rings. The summed E-state index contributed by atoms with van der Waals surface area (Å²) >= 11 is 0. The molecule has 6 nitrogen and oxygen atoms in total. The minimum atomic E-state index is -3.15. The van der Waals surface area contributed by atoms with Crippen LogP contribution in [0.5, 0.6) is 5.75 Å². The quantitative estimate of drug-likeness (QED) is 0.733. The normalized spacial score (nSPS) is 16.5. The Labute approximate surface area is 163 Å². The minimum absolute atomic E-state index is 0.00253. The highest BCUT2D eigenvalue weighted by Gasteiger charge is 2.28. The number of amides is 1. The largest absolute Gasteiger partial charge is 0.483 e. The molecule has 2 rings (SSSR count). The highest BCUT2D eigenvalue weighted by molar-refractivity contribution is 7.89. The smallest absolute Gasteiger partial charge is 0.258 e. The van der Waals surface area contributed by atoms with Gasteiger partial charge in [-0.1, -0.05) is 32.9 Å². The van der Waals surface area contributed by atoms with Crippen molar-refractivity contribution in [1.29, 1.82) is 0 Å². The molecule has 1 N–H and O–H groups in total. The summed E-state index contributed by atoms with van der Waals surface area (Å²) in [5.41, 5.74) is 2.18. The van der Waals surface area contributed by atoms with Crippen LogP contribution >= 0.6 is 0 Å². The minimum Gasteiger partial charge on any atom is -0.483 e. The van der Waals surface area contributed by atoms with Gasteiger partial charge in [0.05, 0.1) is 5.75 Å². The molecule has 0 unspecified atom stereocenters. The molecule has 0 saturated carbocycles. The molecule has 0 spiro atoms. The molecular weight excluding hydrogens is 364 g/mol. The zero-order valence-corrected chi connectivity index (χ0v) is 17.6. The molecule has 0 atom stereocenters. The summed E-state index contributed by atoms with van der Waals surface area (Å²) in [5.74, 6) is 1.15. The fourth-order valence-electron chi connectivity index (χ4n) is 3.21. The van der Waals surface area contributed by atoms with Crippen molar-refractivity contribution in [3.05, 3.63) is 29.3 Å². The fraction of sp³-hybridized carbons (Fsp3) is 0.650. The Hall–Kier alpha value is -1.60. The lowest BCUT2D eigenvalue weighted by Crippen LogP contribution is -2.47. The van der Waals surface area contributed by atoms with Gasteiger partial charge in [-0.05, 0) is 49.3 Å². The van der Waals surface area contributed by atoms with Gasteiger partial charge >= 0.3 is 0 Å². The second-order valence-electron chi connectivity index (χ2n) is 7.53. The zero-order chi connectivity index (χ0) is 20.0. The van der Waals surface area contributed by atoms with E-state index < -0.39 is 10.0 Å². The van der Waals surface area contributed by atoms with Gasteiger partial charge in [0.15, 0.2) is 6.61 Å². The summed E-state index contributed by atoms with van der Waals surface area (Å²) < 4.78 is 31.5. The molecule has 1 heterocycles. The lowest BCUT2D eigenvalue weighted by atomic mass is 10.0. The van der Waals surface area contributed by atoms with Crippen molar-refractivity contribution in [1.82, 2.24) is 9.62 Å². The summed E-state index contributed by atoms with van der Waals surface area (Å²) in [4.78, 5) is 12.2. The number of benzene rings is 1. The number of sulfonamides is 1. The third kappa shape index (κ3) is 6.21. The summed E-state index contributed by atoms with van der Waals surface area (Å²) in [6, 6.07) is 6.07. The van der Waals surface area contributed by atoms with Crippen LogP contribution in [0.4, 0.5) is 0 Å². The lowest BCUT2D eigenvalue weighted by Gasteiger charge is -2.31.